The smallest absolute Gasteiger partial charge is 0.00314 e. The van der Waals surface area contributed by atoms with Gasteiger partial charge in [0.1, 0.15) is 0 Å². The zero-order valence-corrected chi connectivity index (χ0v) is 11.9. The Bertz CT molecular complexity index is 132. The molecule has 0 nitrogen and oxygen atoms in total. The first-order valence-corrected chi connectivity index (χ1v) is 7.59. The van der Waals surface area contributed by atoms with Crippen LogP contribution < -0.4 is 0 Å². The van der Waals surface area contributed by atoms with Gasteiger partial charge in [-0.3, -0.25) is 0 Å². The predicted octanol–water partition coefficient (Wildman–Crippen LogP) is 5.23. The van der Waals surface area contributed by atoms with Crippen LogP contribution >= 0.6 is 31.9 Å². The first-order chi connectivity index (χ1) is 6.91. The Labute approximate surface area is 105 Å². The lowest BCUT2D eigenvalue weighted by Gasteiger charge is -1.90. The van der Waals surface area contributed by atoms with Crippen molar-refractivity contribution < 1.29 is 0 Å². The van der Waals surface area contributed by atoms with Crippen molar-refractivity contribution >= 4 is 31.9 Å². The Hall–Kier alpha value is 0.440. The van der Waals surface area contributed by atoms with E-state index < -0.39 is 0 Å². The van der Waals surface area contributed by atoms with Gasteiger partial charge < -0.3 is 0 Å². The summed E-state index contributed by atoms with van der Waals surface area (Å²) in [5, 5.41) is 2.26. The van der Waals surface area contributed by atoms with Crippen molar-refractivity contribution in [3.05, 3.63) is 24.3 Å². The number of halogens is 2. The van der Waals surface area contributed by atoms with Gasteiger partial charge in [0.05, 0.1) is 0 Å². The number of allylic oxidation sites excluding steroid dienone is 4. The van der Waals surface area contributed by atoms with Crippen molar-refractivity contribution in [2.75, 3.05) is 10.7 Å². The summed E-state index contributed by atoms with van der Waals surface area (Å²) < 4.78 is 0. The van der Waals surface area contributed by atoms with Crippen molar-refractivity contribution in [3.63, 3.8) is 0 Å². The molecule has 0 N–H and O–H groups in total. The third-order valence-electron chi connectivity index (χ3n) is 1.89. The molecule has 82 valence electrons. The molecular formula is C12H20Br2. The van der Waals surface area contributed by atoms with E-state index in [-0.39, 0.29) is 0 Å². The maximum absolute atomic E-state index is 3.43. The fourth-order valence-corrected chi connectivity index (χ4v) is 1.86. The molecule has 0 spiro atoms. The SMILES string of the molecule is BrCCCCC=CC=CCCCCBr. The van der Waals surface area contributed by atoms with Gasteiger partial charge in [-0.1, -0.05) is 56.2 Å². The van der Waals surface area contributed by atoms with Crippen LogP contribution in [0.2, 0.25) is 0 Å². The Balaban J connectivity index is 3.15. The molecule has 0 saturated heterocycles. The Kier molecular flexibility index (Phi) is 13.9. The molecule has 0 heterocycles. The zero-order chi connectivity index (χ0) is 10.5. The standard InChI is InChI=1S/C12H20Br2/c13-11-9-7-5-3-1-2-4-6-8-10-12-14/h1-4H,5-12H2. The van der Waals surface area contributed by atoms with Gasteiger partial charge in [-0.15, -0.1) is 0 Å². The average Bonchev–Trinajstić information content (AvgIpc) is 2.21. The highest BCUT2D eigenvalue weighted by Crippen LogP contribution is 2.01. The first-order valence-electron chi connectivity index (χ1n) is 5.35. The lowest BCUT2D eigenvalue weighted by Crippen LogP contribution is -1.73. The van der Waals surface area contributed by atoms with Crippen molar-refractivity contribution in [2.45, 2.75) is 38.5 Å². The van der Waals surface area contributed by atoms with Gasteiger partial charge in [0.25, 0.3) is 0 Å². The Morgan fingerprint density at radius 3 is 1.43 bits per heavy atom. The van der Waals surface area contributed by atoms with E-state index in [0.29, 0.717) is 0 Å². The van der Waals surface area contributed by atoms with E-state index in [0.717, 1.165) is 10.7 Å². The van der Waals surface area contributed by atoms with Gasteiger partial charge in [-0.25, -0.2) is 0 Å². The molecule has 0 aliphatic carbocycles. The molecule has 0 unspecified atom stereocenters. The van der Waals surface area contributed by atoms with E-state index in [1.54, 1.807) is 0 Å². The number of hydrogen-bond donors (Lipinski definition) is 0. The summed E-state index contributed by atoms with van der Waals surface area (Å²) in [7, 11) is 0. The summed E-state index contributed by atoms with van der Waals surface area (Å²) in [6.07, 6.45) is 16.4. The molecule has 14 heavy (non-hydrogen) atoms. The topological polar surface area (TPSA) is 0 Å². The molecule has 0 fully saturated rings. The van der Waals surface area contributed by atoms with E-state index >= 15 is 0 Å². The molecular weight excluding hydrogens is 304 g/mol. The fraction of sp³-hybridized carbons (Fsp3) is 0.667. The monoisotopic (exact) mass is 322 g/mol. The number of rotatable bonds is 9. The maximum atomic E-state index is 3.43. The highest BCUT2D eigenvalue weighted by Gasteiger charge is 1.82. The molecule has 0 aliphatic rings. The van der Waals surface area contributed by atoms with Crippen LogP contribution in [-0.4, -0.2) is 10.7 Å². The number of unbranched alkanes of at least 4 members (excludes halogenated alkanes) is 4. The zero-order valence-electron chi connectivity index (χ0n) is 8.72. The van der Waals surface area contributed by atoms with Gasteiger partial charge in [0.15, 0.2) is 0 Å². The van der Waals surface area contributed by atoms with Crippen LogP contribution in [-0.2, 0) is 0 Å². The highest BCUT2D eigenvalue weighted by atomic mass is 79.9. The van der Waals surface area contributed by atoms with Crippen LogP contribution in [0, 0.1) is 0 Å². The van der Waals surface area contributed by atoms with E-state index in [2.05, 4.69) is 56.2 Å². The second-order valence-electron chi connectivity index (χ2n) is 3.23. The molecule has 2 heteroatoms. The summed E-state index contributed by atoms with van der Waals surface area (Å²) in [6, 6.07) is 0. The lowest BCUT2D eigenvalue weighted by molar-refractivity contribution is 0.824. The summed E-state index contributed by atoms with van der Waals surface area (Å²) in [5.74, 6) is 0. The van der Waals surface area contributed by atoms with Crippen LogP contribution in [0.15, 0.2) is 24.3 Å². The molecule has 0 rings (SSSR count). The molecule has 0 aromatic carbocycles. The largest absolute Gasteiger partial charge is 0.0928 e. The fourth-order valence-electron chi connectivity index (χ4n) is 1.06. The molecule has 0 atom stereocenters. The van der Waals surface area contributed by atoms with Crippen LogP contribution in [0.3, 0.4) is 0 Å². The minimum Gasteiger partial charge on any atom is -0.0928 e. The molecule has 0 aromatic heterocycles. The second kappa shape index (κ2) is 13.4. The van der Waals surface area contributed by atoms with E-state index in [1.807, 2.05) is 0 Å². The minimum atomic E-state index is 1.13. The highest BCUT2D eigenvalue weighted by molar-refractivity contribution is 9.09. The number of hydrogen-bond acceptors (Lipinski definition) is 0. The molecule has 0 aliphatic heterocycles. The summed E-state index contributed by atoms with van der Waals surface area (Å²) in [5.41, 5.74) is 0. The van der Waals surface area contributed by atoms with Crippen LogP contribution in [0.5, 0.6) is 0 Å². The molecule has 0 aromatic rings. The van der Waals surface area contributed by atoms with Gasteiger partial charge in [0.2, 0.25) is 0 Å². The first kappa shape index (κ1) is 14.4. The van der Waals surface area contributed by atoms with Crippen molar-refractivity contribution in [3.8, 4) is 0 Å². The summed E-state index contributed by atoms with van der Waals surface area (Å²) >= 11 is 6.85. The summed E-state index contributed by atoms with van der Waals surface area (Å²) in [4.78, 5) is 0. The van der Waals surface area contributed by atoms with Crippen LogP contribution in [0.4, 0.5) is 0 Å². The van der Waals surface area contributed by atoms with Gasteiger partial charge in [0, 0.05) is 10.7 Å². The van der Waals surface area contributed by atoms with E-state index in [9.17, 15) is 0 Å². The minimum absolute atomic E-state index is 1.13. The maximum Gasteiger partial charge on any atom is 0.00314 e. The molecule has 0 amide bonds. The van der Waals surface area contributed by atoms with Crippen molar-refractivity contribution in [2.24, 2.45) is 0 Å². The van der Waals surface area contributed by atoms with Crippen molar-refractivity contribution in [1.82, 2.24) is 0 Å². The molecule has 0 bridgehead atoms. The van der Waals surface area contributed by atoms with Gasteiger partial charge >= 0.3 is 0 Å². The number of alkyl halides is 2. The van der Waals surface area contributed by atoms with Crippen molar-refractivity contribution in [1.29, 1.82) is 0 Å². The van der Waals surface area contributed by atoms with Gasteiger partial charge in [-0.2, -0.15) is 0 Å². The Morgan fingerprint density at radius 1 is 0.643 bits per heavy atom. The molecule has 0 saturated carbocycles. The van der Waals surface area contributed by atoms with Gasteiger partial charge in [-0.05, 0) is 38.5 Å². The normalized spacial score (nSPS) is 11.9. The van der Waals surface area contributed by atoms with E-state index in [4.69, 9.17) is 0 Å². The second-order valence-corrected chi connectivity index (χ2v) is 4.81. The molecule has 0 radical (unpaired) electrons. The van der Waals surface area contributed by atoms with E-state index in [1.165, 1.54) is 38.5 Å². The third kappa shape index (κ3) is 12.4. The summed E-state index contributed by atoms with van der Waals surface area (Å²) in [6.45, 7) is 0. The van der Waals surface area contributed by atoms with Crippen LogP contribution in [0.25, 0.3) is 0 Å². The Morgan fingerprint density at radius 2 is 1.07 bits per heavy atom. The average molecular weight is 324 g/mol. The lowest BCUT2D eigenvalue weighted by atomic mass is 10.2. The van der Waals surface area contributed by atoms with Crippen LogP contribution in [0.1, 0.15) is 38.5 Å². The third-order valence-corrected chi connectivity index (χ3v) is 3.01. The predicted molar refractivity (Wildman–Crippen MR) is 73.6 cm³/mol. The quantitative estimate of drug-likeness (QED) is 0.309.